The highest BCUT2D eigenvalue weighted by molar-refractivity contribution is 7.13. The van der Waals surface area contributed by atoms with Crippen molar-refractivity contribution in [1.29, 1.82) is 5.26 Å². The average molecular weight is 310 g/mol. The maximum Gasteiger partial charge on any atom is 0.374 e. The van der Waals surface area contributed by atoms with E-state index in [1.165, 1.54) is 11.3 Å². The van der Waals surface area contributed by atoms with E-state index in [-0.39, 0.29) is 5.76 Å². The van der Waals surface area contributed by atoms with E-state index in [2.05, 4.69) is 21.0 Å². The Morgan fingerprint density at radius 3 is 2.05 bits per heavy atom. The van der Waals surface area contributed by atoms with E-state index in [0.717, 1.165) is 27.0 Å². The zero-order valence-corrected chi connectivity index (χ0v) is 14.0. The number of nitriles is 1. The van der Waals surface area contributed by atoms with Crippen LogP contribution in [0.5, 0.6) is 0 Å². The van der Waals surface area contributed by atoms with Gasteiger partial charge in [0.05, 0.1) is 32.5 Å². The second-order valence-electron chi connectivity index (χ2n) is 4.90. The van der Waals surface area contributed by atoms with Gasteiger partial charge in [-0.2, -0.15) is 5.26 Å². The van der Waals surface area contributed by atoms with Crippen LogP contribution in [0, 0.1) is 45.9 Å². The molecule has 0 aliphatic carbocycles. The van der Waals surface area contributed by atoms with E-state index in [1.54, 1.807) is 0 Å². The van der Waals surface area contributed by atoms with Gasteiger partial charge in [0.15, 0.2) is 0 Å². The van der Waals surface area contributed by atoms with Gasteiger partial charge in [0.1, 0.15) is 23.2 Å². The Labute approximate surface area is 135 Å². The molecule has 0 amide bonds. The molecule has 7 heteroatoms. The Morgan fingerprint density at radius 1 is 1.05 bits per heavy atom. The molecule has 22 heavy (non-hydrogen) atoms. The highest BCUT2D eigenvalue weighted by Gasteiger charge is 2.21. The molecule has 0 aliphatic heterocycles. The Hall–Kier alpha value is -2.20. The Kier molecular flexibility index (Phi) is 4.62. The van der Waals surface area contributed by atoms with Crippen molar-refractivity contribution in [3.8, 4) is 6.07 Å². The highest BCUT2D eigenvalue weighted by atomic mass is 32.1. The molecule has 0 spiro atoms. The maximum atomic E-state index is 9.61. The minimum atomic E-state index is 0.282. The SMILES string of the molecule is [B]OC(=C(C#N)c1sc(C)nc1C)c1c(C)nc(C)nc1C. The number of aryl methyl sites for hydroxylation is 5. The lowest BCUT2D eigenvalue weighted by atomic mass is 10.0. The number of allylic oxidation sites excluding steroid dienone is 1. The molecule has 110 valence electrons. The van der Waals surface area contributed by atoms with Crippen molar-refractivity contribution in [2.24, 2.45) is 0 Å². The molecular formula is C15H15BN4OS. The zero-order valence-electron chi connectivity index (χ0n) is 13.2. The fourth-order valence-electron chi connectivity index (χ4n) is 2.42. The molecule has 2 heterocycles. The summed E-state index contributed by atoms with van der Waals surface area (Å²) in [4.78, 5) is 13.8. The molecule has 0 N–H and O–H groups in total. The van der Waals surface area contributed by atoms with Crippen molar-refractivity contribution in [3.05, 3.63) is 38.4 Å². The highest BCUT2D eigenvalue weighted by Crippen LogP contribution is 2.33. The van der Waals surface area contributed by atoms with Gasteiger partial charge in [0, 0.05) is 0 Å². The third-order valence-corrected chi connectivity index (χ3v) is 4.29. The van der Waals surface area contributed by atoms with E-state index in [4.69, 9.17) is 12.7 Å². The van der Waals surface area contributed by atoms with Crippen LogP contribution in [0.25, 0.3) is 11.3 Å². The van der Waals surface area contributed by atoms with E-state index in [9.17, 15) is 5.26 Å². The van der Waals surface area contributed by atoms with Crippen molar-refractivity contribution >= 4 is 30.7 Å². The van der Waals surface area contributed by atoms with E-state index in [1.807, 2.05) is 34.6 Å². The number of thiazole rings is 1. The van der Waals surface area contributed by atoms with E-state index < -0.39 is 0 Å². The first kappa shape index (κ1) is 16.2. The van der Waals surface area contributed by atoms with Crippen LogP contribution in [0.15, 0.2) is 0 Å². The van der Waals surface area contributed by atoms with Gasteiger partial charge >= 0.3 is 8.05 Å². The molecule has 0 bridgehead atoms. The number of aromatic nitrogens is 3. The van der Waals surface area contributed by atoms with Crippen molar-refractivity contribution in [2.45, 2.75) is 34.6 Å². The topological polar surface area (TPSA) is 71.7 Å². The van der Waals surface area contributed by atoms with Gasteiger partial charge in [-0.15, -0.1) is 11.3 Å². The fourth-order valence-corrected chi connectivity index (χ4v) is 3.34. The Balaban J connectivity index is 2.78. The van der Waals surface area contributed by atoms with Crippen LogP contribution in [0.4, 0.5) is 0 Å². The number of nitrogens with zero attached hydrogens (tertiary/aromatic N) is 4. The maximum absolute atomic E-state index is 9.61. The standard InChI is InChI=1S/C15H15BN4OS/c1-7-13(8(2)19-10(4)18-7)14(21-16)12(6-17)15-9(3)20-11(5)22-15/h1-5H3. The molecular weight excluding hydrogens is 295 g/mol. The summed E-state index contributed by atoms with van der Waals surface area (Å²) < 4.78 is 5.07. The first-order valence-electron chi connectivity index (χ1n) is 6.66. The number of hydrogen-bond donors (Lipinski definition) is 0. The van der Waals surface area contributed by atoms with Crippen molar-refractivity contribution in [2.75, 3.05) is 0 Å². The number of rotatable bonds is 3. The molecule has 2 radical (unpaired) electrons. The van der Waals surface area contributed by atoms with Crippen molar-refractivity contribution < 1.29 is 4.65 Å². The monoisotopic (exact) mass is 310 g/mol. The van der Waals surface area contributed by atoms with Crippen LogP contribution in [-0.4, -0.2) is 23.0 Å². The van der Waals surface area contributed by atoms with Gasteiger partial charge in [-0.25, -0.2) is 15.0 Å². The van der Waals surface area contributed by atoms with Gasteiger partial charge in [0.25, 0.3) is 0 Å². The van der Waals surface area contributed by atoms with Crippen LogP contribution < -0.4 is 0 Å². The molecule has 0 saturated carbocycles. The normalized spacial score (nSPS) is 11.8. The van der Waals surface area contributed by atoms with Crippen LogP contribution in [0.3, 0.4) is 0 Å². The molecule has 0 saturated heterocycles. The summed E-state index contributed by atoms with van der Waals surface area (Å²) in [6.45, 7) is 9.25. The largest absolute Gasteiger partial charge is 0.566 e. The van der Waals surface area contributed by atoms with Crippen LogP contribution in [-0.2, 0) is 4.65 Å². The third-order valence-electron chi connectivity index (χ3n) is 3.20. The minimum Gasteiger partial charge on any atom is -0.566 e. The first-order valence-corrected chi connectivity index (χ1v) is 7.48. The van der Waals surface area contributed by atoms with E-state index in [0.29, 0.717) is 17.0 Å². The van der Waals surface area contributed by atoms with Gasteiger partial charge in [-0.3, -0.25) is 0 Å². The Bertz CT molecular complexity index is 781. The minimum absolute atomic E-state index is 0.282. The molecule has 0 atom stereocenters. The quantitative estimate of drug-likeness (QED) is 0.495. The van der Waals surface area contributed by atoms with Gasteiger partial charge < -0.3 is 4.65 Å². The predicted molar refractivity (Wildman–Crippen MR) is 87.1 cm³/mol. The smallest absolute Gasteiger partial charge is 0.374 e. The average Bonchev–Trinajstić information content (AvgIpc) is 2.75. The predicted octanol–water partition coefficient (Wildman–Crippen LogP) is 2.97. The second-order valence-corrected chi connectivity index (χ2v) is 6.10. The van der Waals surface area contributed by atoms with Crippen LogP contribution in [0.1, 0.15) is 38.4 Å². The molecule has 2 rings (SSSR count). The molecule has 0 aromatic carbocycles. The number of hydrogen-bond acceptors (Lipinski definition) is 6. The lowest BCUT2D eigenvalue weighted by Crippen LogP contribution is -2.05. The summed E-state index contributed by atoms with van der Waals surface area (Å²) in [5.41, 5.74) is 3.21. The van der Waals surface area contributed by atoms with E-state index >= 15 is 0 Å². The summed E-state index contributed by atoms with van der Waals surface area (Å²) in [6, 6.07) is 2.18. The molecule has 0 fully saturated rings. The summed E-state index contributed by atoms with van der Waals surface area (Å²) >= 11 is 1.43. The first-order chi connectivity index (χ1) is 10.4. The fraction of sp³-hybridized carbons (Fsp3) is 0.333. The lowest BCUT2D eigenvalue weighted by molar-refractivity contribution is 0.571. The van der Waals surface area contributed by atoms with Crippen LogP contribution in [0.2, 0.25) is 0 Å². The molecule has 0 unspecified atom stereocenters. The third kappa shape index (κ3) is 2.88. The summed E-state index contributed by atoms with van der Waals surface area (Å²) in [6.07, 6.45) is 0. The Morgan fingerprint density at radius 2 is 1.64 bits per heavy atom. The molecule has 5 nitrogen and oxygen atoms in total. The summed E-state index contributed by atoms with van der Waals surface area (Å²) in [5, 5.41) is 10.5. The van der Waals surface area contributed by atoms with Crippen molar-refractivity contribution in [3.63, 3.8) is 0 Å². The summed E-state index contributed by atoms with van der Waals surface area (Å²) in [5.74, 6) is 0.947. The molecule has 2 aromatic rings. The van der Waals surface area contributed by atoms with Gasteiger partial charge in [-0.1, -0.05) is 0 Å². The zero-order chi connectivity index (χ0) is 16.4. The van der Waals surface area contributed by atoms with Gasteiger partial charge in [-0.05, 0) is 34.6 Å². The van der Waals surface area contributed by atoms with Crippen LogP contribution >= 0.6 is 11.3 Å². The summed E-state index contributed by atoms with van der Waals surface area (Å²) in [7, 11) is 5.47. The molecule has 2 aromatic heterocycles. The second kappa shape index (κ2) is 6.28. The molecule has 0 aliphatic rings. The lowest BCUT2D eigenvalue weighted by Gasteiger charge is -2.14. The van der Waals surface area contributed by atoms with Gasteiger partial charge in [0.2, 0.25) is 0 Å². The van der Waals surface area contributed by atoms with Crippen molar-refractivity contribution in [1.82, 2.24) is 15.0 Å².